The Hall–Kier alpha value is -4.33. The summed E-state index contributed by atoms with van der Waals surface area (Å²) < 4.78 is 0. The molecule has 0 N–H and O–H groups in total. The lowest BCUT2D eigenvalue weighted by atomic mass is 9.88. The summed E-state index contributed by atoms with van der Waals surface area (Å²) in [5.74, 6) is 0. The lowest BCUT2D eigenvalue weighted by Crippen LogP contribution is -1.92. The molecule has 0 aliphatic heterocycles. The number of thiol groups is 1. The van der Waals surface area contributed by atoms with E-state index in [2.05, 4.69) is 140 Å². The zero-order valence-corrected chi connectivity index (χ0v) is 21.1. The average Bonchev–Trinajstić information content (AvgIpc) is 2.96. The summed E-state index contributed by atoms with van der Waals surface area (Å²) in [6, 6.07) is 50.1. The van der Waals surface area contributed by atoms with Gasteiger partial charge in [0, 0.05) is 4.90 Å². The molecule has 0 aliphatic rings. The fourth-order valence-corrected chi connectivity index (χ4v) is 5.97. The third-order valence-electron chi connectivity index (χ3n) is 7.37. The van der Waals surface area contributed by atoms with Gasteiger partial charge < -0.3 is 0 Å². The summed E-state index contributed by atoms with van der Waals surface area (Å²) >= 11 is 5.22. The van der Waals surface area contributed by atoms with Crippen LogP contribution in [0.2, 0.25) is 0 Å². The second-order valence-corrected chi connectivity index (χ2v) is 9.95. The Morgan fingerprint density at radius 1 is 0.324 bits per heavy atom. The molecular formula is C36H24S. The fourth-order valence-electron chi connectivity index (χ4n) is 5.60. The molecule has 0 aromatic heterocycles. The van der Waals surface area contributed by atoms with Crippen molar-refractivity contribution in [2.45, 2.75) is 4.90 Å². The van der Waals surface area contributed by atoms with Gasteiger partial charge in [-0.05, 0) is 77.8 Å². The first kappa shape index (κ1) is 21.9. The van der Waals surface area contributed by atoms with Gasteiger partial charge in [-0.1, -0.05) is 127 Å². The van der Waals surface area contributed by atoms with Gasteiger partial charge in [0.25, 0.3) is 0 Å². The van der Waals surface area contributed by atoms with E-state index in [0.717, 1.165) is 16.0 Å². The summed E-state index contributed by atoms with van der Waals surface area (Å²) in [5.41, 5.74) is 7.12. The van der Waals surface area contributed by atoms with E-state index >= 15 is 0 Å². The molecule has 0 radical (unpaired) electrons. The third-order valence-corrected chi connectivity index (χ3v) is 7.85. The topological polar surface area (TPSA) is 0 Å². The average molecular weight is 489 g/mol. The second kappa shape index (κ2) is 8.96. The molecule has 0 fully saturated rings. The van der Waals surface area contributed by atoms with Crippen LogP contribution in [0.3, 0.4) is 0 Å². The Morgan fingerprint density at radius 3 is 1.14 bits per heavy atom. The molecule has 1 heteroatoms. The first-order chi connectivity index (χ1) is 18.3. The van der Waals surface area contributed by atoms with Crippen molar-refractivity contribution < 1.29 is 0 Å². The molecule has 0 unspecified atom stereocenters. The van der Waals surface area contributed by atoms with Crippen LogP contribution < -0.4 is 0 Å². The minimum absolute atomic E-state index is 0.997. The van der Waals surface area contributed by atoms with Crippen LogP contribution in [0.25, 0.3) is 65.7 Å². The van der Waals surface area contributed by atoms with Crippen molar-refractivity contribution in [3.05, 3.63) is 140 Å². The van der Waals surface area contributed by atoms with Crippen molar-refractivity contribution in [3.8, 4) is 33.4 Å². The molecule has 0 amide bonds. The molecule has 0 heterocycles. The maximum atomic E-state index is 5.22. The predicted octanol–water partition coefficient (Wildman–Crippen LogP) is 10.4. The molecule has 37 heavy (non-hydrogen) atoms. The molecule has 7 aromatic rings. The van der Waals surface area contributed by atoms with Crippen LogP contribution in [0, 0.1) is 0 Å². The van der Waals surface area contributed by atoms with Crippen molar-refractivity contribution in [1.29, 1.82) is 0 Å². The van der Waals surface area contributed by atoms with Crippen molar-refractivity contribution in [1.82, 2.24) is 0 Å². The van der Waals surface area contributed by atoms with Crippen molar-refractivity contribution >= 4 is 44.9 Å². The van der Waals surface area contributed by atoms with Crippen molar-refractivity contribution in [2.75, 3.05) is 0 Å². The first-order valence-corrected chi connectivity index (χ1v) is 13.0. The minimum atomic E-state index is 0.997. The largest absolute Gasteiger partial charge is 0.142 e. The normalized spacial score (nSPS) is 11.4. The maximum absolute atomic E-state index is 5.22. The zero-order chi connectivity index (χ0) is 24.8. The van der Waals surface area contributed by atoms with Crippen LogP contribution in [-0.2, 0) is 0 Å². The quantitative estimate of drug-likeness (QED) is 0.235. The van der Waals surface area contributed by atoms with Crippen LogP contribution in [0.4, 0.5) is 0 Å². The third kappa shape index (κ3) is 3.71. The van der Waals surface area contributed by atoms with Crippen LogP contribution in [0.1, 0.15) is 0 Å². The number of benzene rings is 7. The summed E-state index contributed by atoms with van der Waals surface area (Å²) in [6.45, 7) is 0. The van der Waals surface area contributed by atoms with E-state index in [1.54, 1.807) is 0 Å². The van der Waals surface area contributed by atoms with Crippen molar-refractivity contribution in [2.24, 2.45) is 0 Å². The highest BCUT2D eigenvalue weighted by Gasteiger charge is 2.17. The Bertz CT molecular complexity index is 1830. The second-order valence-electron chi connectivity index (χ2n) is 9.50. The molecule has 0 bridgehead atoms. The van der Waals surface area contributed by atoms with Gasteiger partial charge in [-0.3, -0.25) is 0 Å². The lowest BCUT2D eigenvalue weighted by molar-refractivity contribution is 1.46. The van der Waals surface area contributed by atoms with Crippen LogP contribution in [0.15, 0.2) is 144 Å². The Balaban J connectivity index is 1.60. The number of hydrogen-bond acceptors (Lipinski definition) is 1. The Kier molecular flexibility index (Phi) is 5.30. The molecule has 0 atom stereocenters. The number of fused-ring (bicyclic) bond motifs is 3. The Morgan fingerprint density at radius 2 is 0.676 bits per heavy atom. The molecule has 0 nitrogen and oxygen atoms in total. The van der Waals surface area contributed by atoms with Gasteiger partial charge >= 0.3 is 0 Å². The van der Waals surface area contributed by atoms with E-state index in [4.69, 9.17) is 12.6 Å². The molecule has 7 aromatic carbocycles. The minimum Gasteiger partial charge on any atom is -0.142 e. The standard InChI is InChI=1S/C36H24S/c37-36-34(32-20-8-14-25-11-2-5-17-29(25)32)22-27(31-19-7-13-24-10-1-4-16-28(24)31)23-35(36)33-21-9-15-26-12-3-6-18-30(26)33/h1-23,37H. The predicted molar refractivity (Wildman–Crippen MR) is 163 cm³/mol. The molecule has 0 spiro atoms. The first-order valence-electron chi connectivity index (χ1n) is 12.6. The highest BCUT2D eigenvalue weighted by atomic mass is 32.1. The maximum Gasteiger partial charge on any atom is 0.0198 e. The lowest BCUT2D eigenvalue weighted by Gasteiger charge is -2.18. The van der Waals surface area contributed by atoms with E-state index in [1.165, 1.54) is 54.6 Å². The van der Waals surface area contributed by atoms with E-state index in [-0.39, 0.29) is 0 Å². The highest BCUT2D eigenvalue weighted by molar-refractivity contribution is 7.80. The van der Waals surface area contributed by atoms with E-state index in [0.29, 0.717) is 0 Å². The van der Waals surface area contributed by atoms with Crippen LogP contribution in [0.5, 0.6) is 0 Å². The van der Waals surface area contributed by atoms with Gasteiger partial charge in [-0.15, -0.1) is 12.6 Å². The fraction of sp³-hybridized carbons (Fsp3) is 0. The van der Waals surface area contributed by atoms with E-state index in [1.807, 2.05) is 0 Å². The van der Waals surface area contributed by atoms with Gasteiger partial charge in [0.05, 0.1) is 0 Å². The molecule has 7 rings (SSSR count). The molecule has 0 saturated carbocycles. The summed E-state index contributed by atoms with van der Waals surface area (Å²) in [4.78, 5) is 0.997. The monoisotopic (exact) mass is 488 g/mol. The van der Waals surface area contributed by atoms with Gasteiger partial charge in [0.15, 0.2) is 0 Å². The smallest absolute Gasteiger partial charge is 0.0198 e. The molecule has 0 aliphatic carbocycles. The SMILES string of the molecule is Sc1c(-c2cccc3ccccc23)cc(-c2cccc3ccccc23)cc1-c1cccc2ccccc12. The number of rotatable bonds is 3. The van der Waals surface area contributed by atoms with E-state index < -0.39 is 0 Å². The van der Waals surface area contributed by atoms with Crippen LogP contribution in [-0.4, -0.2) is 0 Å². The summed E-state index contributed by atoms with van der Waals surface area (Å²) in [6.07, 6.45) is 0. The van der Waals surface area contributed by atoms with Gasteiger partial charge in [0.1, 0.15) is 0 Å². The summed E-state index contributed by atoms with van der Waals surface area (Å²) in [5, 5.41) is 7.43. The van der Waals surface area contributed by atoms with Gasteiger partial charge in [-0.2, -0.15) is 0 Å². The highest BCUT2D eigenvalue weighted by Crippen LogP contribution is 2.44. The van der Waals surface area contributed by atoms with Gasteiger partial charge in [-0.25, -0.2) is 0 Å². The molecule has 174 valence electrons. The number of hydrogen-bond donors (Lipinski definition) is 1. The van der Waals surface area contributed by atoms with E-state index in [9.17, 15) is 0 Å². The zero-order valence-electron chi connectivity index (χ0n) is 20.2. The summed E-state index contributed by atoms with van der Waals surface area (Å²) in [7, 11) is 0. The van der Waals surface area contributed by atoms with Crippen LogP contribution >= 0.6 is 12.6 Å². The van der Waals surface area contributed by atoms with Crippen molar-refractivity contribution in [3.63, 3.8) is 0 Å². The van der Waals surface area contributed by atoms with Gasteiger partial charge in [0.2, 0.25) is 0 Å². The Labute approximate surface area is 222 Å². The molecular weight excluding hydrogens is 464 g/mol. The molecule has 0 saturated heterocycles.